The van der Waals surface area contributed by atoms with E-state index in [4.69, 9.17) is 4.74 Å². The average Bonchev–Trinajstić information content (AvgIpc) is 2.38. The average molecular weight is 298 g/mol. The number of hydrogen-bond donors (Lipinski definition) is 0. The summed E-state index contributed by atoms with van der Waals surface area (Å²) < 4.78 is 29.6. The maximum atomic E-state index is 12.4. The Morgan fingerprint density at radius 3 is 2.55 bits per heavy atom. The highest BCUT2D eigenvalue weighted by Gasteiger charge is 2.27. The number of sulfone groups is 1. The van der Waals surface area contributed by atoms with Gasteiger partial charge in [-0.2, -0.15) is 0 Å². The Hall–Kier alpha value is -1.69. The van der Waals surface area contributed by atoms with Gasteiger partial charge in [-0.15, -0.1) is 0 Å². The van der Waals surface area contributed by atoms with Crippen LogP contribution in [0.5, 0.6) is 0 Å². The number of rotatable bonds is 6. The molecule has 1 unspecified atom stereocenters. The smallest absolute Gasteiger partial charge is 0.307 e. The summed E-state index contributed by atoms with van der Waals surface area (Å²) >= 11 is 0. The van der Waals surface area contributed by atoms with E-state index in [0.29, 0.717) is 17.4 Å². The van der Waals surface area contributed by atoms with Crippen molar-refractivity contribution in [2.45, 2.75) is 37.3 Å². The predicted octanol–water partition coefficient (Wildman–Crippen LogP) is 1.92. The molecule has 20 heavy (non-hydrogen) atoms. The van der Waals surface area contributed by atoms with Crippen LogP contribution in [-0.2, 0) is 19.4 Å². The molecule has 0 saturated carbocycles. The van der Waals surface area contributed by atoms with Crippen LogP contribution >= 0.6 is 0 Å². The van der Waals surface area contributed by atoms with E-state index in [1.165, 1.54) is 25.1 Å². The second-order valence-corrected chi connectivity index (χ2v) is 6.84. The molecule has 0 radical (unpaired) electrons. The molecule has 0 N–H and O–H groups in total. The number of aldehydes is 1. The number of carbonyl (C=O) groups is 2. The summed E-state index contributed by atoms with van der Waals surface area (Å²) in [5.74, 6) is -0.536. The Kier molecular flexibility index (Phi) is 5.44. The van der Waals surface area contributed by atoms with E-state index in [9.17, 15) is 18.0 Å². The SMILES string of the molecule is CCOC(=O)CC(C)S(=O)(=O)c1ccc(C=O)cc1C. The molecule has 0 heterocycles. The Bertz CT molecular complexity index is 604. The number of ether oxygens (including phenoxy) is 1. The first-order valence-electron chi connectivity index (χ1n) is 6.28. The normalized spacial score (nSPS) is 12.8. The van der Waals surface area contributed by atoms with E-state index >= 15 is 0 Å². The van der Waals surface area contributed by atoms with Gasteiger partial charge in [-0.25, -0.2) is 8.42 Å². The van der Waals surface area contributed by atoms with Crippen molar-refractivity contribution < 1.29 is 22.7 Å². The lowest BCUT2D eigenvalue weighted by molar-refractivity contribution is -0.143. The van der Waals surface area contributed by atoms with Gasteiger partial charge in [-0.3, -0.25) is 9.59 Å². The molecule has 0 bridgehead atoms. The van der Waals surface area contributed by atoms with E-state index in [-0.39, 0.29) is 17.9 Å². The monoisotopic (exact) mass is 298 g/mol. The standard InChI is InChI=1S/C14H18O5S/c1-4-19-14(16)8-11(3)20(17,18)13-6-5-12(9-15)7-10(13)2/h5-7,9,11H,4,8H2,1-3H3. The molecule has 0 aliphatic rings. The lowest BCUT2D eigenvalue weighted by Crippen LogP contribution is -2.23. The molecular weight excluding hydrogens is 280 g/mol. The zero-order valence-electron chi connectivity index (χ0n) is 11.8. The Balaban J connectivity index is 3.04. The van der Waals surface area contributed by atoms with E-state index in [2.05, 4.69) is 0 Å². The molecule has 1 aromatic carbocycles. The van der Waals surface area contributed by atoms with Gasteiger partial charge in [0.1, 0.15) is 6.29 Å². The summed E-state index contributed by atoms with van der Waals surface area (Å²) in [5, 5.41) is -0.873. The number of esters is 1. The molecule has 6 heteroatoms. The Morgan fingerprint density at radius 2 is 2.05 bits per heavy atom. The van der Waals surface area contributed by atoms with Crippen LogP contribution in [0.1, 0.15) is 36.2 Å². The second kappa shape index (κ2) is 6.65. The van der Waals surface area contributed by atoms with Crippen LogP contribution in [0.4, 0.5) is 0 Å². The van der Waals surface area contributed by atoms with Crippen molar-refractivity contribution in [3.05, 3.63) is 29.3 Å². The van der Waals surface area contributed by atoms with Gasteiger partial charge in [-0.1, -0.05) is 6.07 Å². The van der Waals surface area contributed by atoms with Crippen LogP contribution in [0.25, 0.3) is 0 Å². The topological polar surface area (TPSA) is 77.5 Å². The quantitative estimate of drug-likeness (QED) is 0.592. The molecule has 0 aliphatic carbocycles. The van der Waals surface area contributed by atoms with E-state index in [1.54, 1.807) is 13.8 Å². The Labute approximate surface area is 118 Å². The van der Waals surface area contributed by atoms with Crippen molar-refractivity contribution in [1.82, 2.24) is 0 Å². The molecule has 0 spiro atoms. The summed E-state index contributed by atoms with van der Waals surface area (Å²) in [6.45, 7) is 4.98. The third-order valence-corrected chi connectivity index (χ3v) is 5.23. The minimum atomic E-state index is -3.62. The number of aryl methyl sites for hydroxylation is 1. The number of hydrogen-bond acceptors (Lipinski definition) is 5. The highest BCUT2D eigenvalue weighted by molar-refractivity contribution is 7.92. The number of carbonyl (C=O) groups excluding carboxylic acids is 2. The maximum absolute atomic E-state index is 12.4. The van der Waals surface area contributed by atoms with Crippen molar-refractivity contribution in [3.8, 4) is 0 Å². The molecular formula is C14H18O5S. The minimum absolute atomic E-state index is 0.139. The van der Waals surface area contributed by atoms with Gasteiger partial charge >= 0.3 is 5.97 Å². The highest BCUT2D eigenvalue weighted by atomic mass is 32.2. The van der Waals surface area contributed by atoms with Crippen molar-refractivity contribution in [2.24, 2.45) is 0 Å². The van der Waals surface area contributed by atoms with E-state index in [1.807, 2.05) is 0 Å². The molecule has 0 saturated heterocycles. The highest BCUT2D eigenvalue weighted by Crippen LogP contribution is 2.22. The first kappa shape index (κ1) is 16.4. The molecule has 1 aromatic rings. The lowest BCUT2D eigenvalue weighted by atomic mass is 10.2. The molecule has 1 rings (SSSR count). The molecule has 1 atom stereocenters. The van der Waals surface area contributed by atoms with Crippen molar-refractivity contribution in [3.63, 3.8) is 0 Å². The fraction of sp³-hybridized carbons (Fsp3) is 0.429. The molecule has 0 amide bonds. The summed E-state index contributed by atoms with van der Waals surface area (Å²) in [5.41, 5.74) is 0.907. The zero-order chi connectivity index (χ0) is 15.3. The number of benzene rings is 1. The molecule has 0 fully saturated rings. The van der Waals surface area contributed by atoms with Gasteiger partial charge in [0.25, 0.3) is 0 Å². The van der Waals surface area contributed by atoms with Crippen molar-refractivity contribution in [2.75, 3.05) is 6.61 Å². The van der Waals surface area contributed by atoms with Crippen LogP contribution in [0.2, 0.25) is 0 Å². The summed E-state index contributed by atoms with van der Waals surface area (Å²) in [4.78, 5) is 22.2. The summed E-state index contributed by atoms with van der Waals surface area (Å²) in [6.07, 6.45) is 0.469. The first-order valence-corrected chi connectivity index (χ1v) is 7.83. The van der Waals surface area contributed by atoms with E-state index < -0.39 is 21.1 Å². The second-order valence-electron chi connectivity index (χ2n) is 4.51. The van der Waals surface area contributed by atoms with Gasteiger partial charge in [0.15, 0.2) is 9.84 Å². The fourth-order valence-electron chi connectivity index (χ4n) is 1.85. The van der Waals surface area contributed by atoms with Gasteiger partial charge in [0.05, 0.1) is 23.2 Å². The van der Waals surface area contributed by atoms with Crippen molar-refractivity contribution >= 4 is 22.1 Å². The third kappa shape index (κ3) is 3.66. The minimum Gasteiger partial charge on any atom is -0.466 e. The van der Waals surface area contributed by atoms with Gasteiger partial charge in [0, 0.05) is 5.56 Å². The molecule has 110 valence electrons. The van der Waals surface area contributed by atoms with Crippen LogP contribution in [0, 0.1) is 6.92 Å². The molecule has 0 aliphatic heterocycles. The third-order valence-electron chi connectivity index (χ3n) is 2.93. The summed E-state index contributed by atoms with van der Waals surface area (Å²) in [7, 11) is -3.62. The van der Waals surface area contributed by atoms with Gasteiger partial charge in [0.2, 0.25) is 0 Å². The molecule has 5 nitrogen and oxygen atoms in total. The fourth-order valence-corrected chi connectivity index (χ4v) is 3.40. The first-order chi connectivity index (χ1) is 9.32. The molecule has 0 aromatic heterocycles. The lowest BCUT2D eigenvalue weighted by Gasteiger charge is -2.14. The van der Waals surface area contributed by atoms with Crippen LogP contribution < -0.4 is 0 Å². The van der Waals surface area contributed by atoms with Crippen LogP contribution in [0.15, 0.2) is 23.1 Å². The van der Waals surface area contributed by atoms with Gasteiger partial charge in [-0.05, 0) is 38.5 Å². The van der Waals surface area contributed by atoms with Crippen LogP contribution in [0.3, 0.4) is 0 Å². The Morgan fingerprint density at radius 1 is 1.40 bits per heavy atom. The zero-order valence-corrected chi connectivity index (χ0v) is 12.6. The van der Waals surface area contributed by atoms with Crippen molar-refractivity contribution in [1.29, 1.82) is 0 Å². The van der Waals surface area contributed by atoms with Gasteiger partial charge < -0.3 is 4.74 Å². The van der Waals surface area contributed by atoms with E-state index in [0.717, 1.165) is 0 Å². The van der Waals surface area contributed by atoms with Crippen LogP contribution in [-0.4, -0.2) is 32.5 Å². The predicted molar refractivity (Wildman–Crippen MR) is 74.5 cm³/mol. The summed E-state index contributed by atoms with van der Waals surface area (Å²) in [6, 6.07) is 4.36. The largest absolute Gasteiger partial charge is 0.466 e. The maximum Gasteiger partial charge on any atom is 0.307 e.